The third-order valence-electron chi connectivity index (χ3n) is 7.54. The molecular weight excluding hydrogens is 472 g/mol. The second-order valence-electron chi connectivity index (χ2n) is 12.1. The van der Waals surface area contributed by atoms with E-state index in [1.54, 1.807) is 12.1 Å². The van der Waals surface area contributed by atoms with Gasteiger partial charge in [0.1, 0.15) is 6.10 Å². The number of nitrogens with zero attached hydrogens (tertiary/aromatic N) is 1. The number of hydrogen-bond donors (Lipinski definition) is 1. The summed E-state index contributed by atoms with van der Waals surface area (Å²) in [6.45, 7) is 13.1. The van der Waals surface area contributed by atoms with Crippen LogP contribution in [-0.4, -0.2) is 50.9 Å². The highest BCUT2D eigenvalue weighted by atomic mass is 32.2. The van der Waals surface area contributed by atoms with Gasteiger partial charge in [0.25, 0.3) is 0 Å². The molecule has 1 unspecified atom stereocenters. The fourth-order valence-electron chi connectivity index (χ4n) is 5.03. The molecule has 0 aliphatic carbocycles. The van der Waals surface area contributed by atoms with Gasteiger partial charge in [0.15, 0.2) is 9.84 Å². The molecule has 3 aliphatic heterocycles. The molecule has 3 fully saturated rings. The third kappa shape index (κ3) is 6.48. The van der Waals surface area contributed by atoms with E-state index in [1.165, 1.54) is 0 Å². The molecular formula is C29H40N2O4S. The Morgan fingerprint density at radius 3 is 2.00 bits per heavy atom. The van der Waals surface area contributed by atoms with E-state index in [-0.39, 0.29) is 23.4 Å². The maximum atomic E-state index is 12.7. The summed E-state index contributed by atoms with van der Waals surface area (Å²) in [5, 5.41) is 3.04. The Morgan fingerprint density at radius 1 is 0.944 bits per heavy atom. The molecule has 0 radical (unpaired) electrons. The summed E-state index contributed by atoms with van der Waals surface area (Å²) >= 11 is 0. The van der Waals surface area contributed by atoms with Crippen molar-refractivity contribution >= 4 is 15.9 Å². The molecule has 6 nitrogen and oxygen atoms in total. The van der Waals surface area contributed by atoms with Crippen molar-refractivity contribution in [3.63, 3.8) is 0 Å². The quantitative estimate of drug-likeness (QED) is 0.521. The number of amides is 1. The zero-order valence-electron chi connectivity index (χ0n) is 22.2. The molecule has 3 saturated heterocycles. The molecule has 2 aromatic carbocycles. The van der Waals surface area contributed by atoms with Crippen molar-refractivity contribution in [2.24, 2.45) is 11.3 Å². The molecule has 36 heavy (non-hydrogen) atoms. The smallest absolute Gasteiger partial charge is 0.408 e. The Morgan fingerprint density at radius 2 is 1.50 bits per heavy atom. The van der Waals surface area contributed by atoms with Gasteiger partial charge in [-0.15, -0.1) is 0 Å². The van der Waals surface area contributed by atoms with E-state index in [0.717, 1.165) is 49.2 Å². The number of sulfone groups is 1. The fourth-order valence-corrected chi connectivity index (χ4v) is 6.70. The molecule has 0 saturated carbocycles. The minimum absolute atomic E-state index is 0.0223. The van der Waals surface area contributed by atoms with Crippen LogP contribution in [0.1, 0.15) is 59.4 Å². The maximum Gasteiger partial charge on any atom is 0.408 e. The first-order valence-corrected chi connectivity index (χ1v) is 14.6. The standard InChI is InChI=1S/C29H40N2O4S/c1-28(2,3)16-19-36(33,34)25-12-8-22(9-13-25)21-6-10-24(11-7-21)29(4,5)30-27(32)35-26-20-31-17-14-23(26)15-18-31/h6-13,23,26H,14-20H2,1-5H3,(H,30,32). The van der Waals surface area contributed by atoms with E-state index in [1.807, 2.05) is 71.0 Å². The number of nitrogens with one attached hydrogen (secondary N) is 1. The molecule has 3 aliphatic rings. The fraction of sp³-hybridized carbons (Fsp3) is 0.552. The van der Waals surface area contributed by atoms with E-state index in [0.29, 0.717) is 17.2 Å². The molecule has 0 spiro atoms. The Kier molecular flexibility index (Phi) is 7.54. The molecule has 3 heterocycles. The molecule has 196 valence electrons. The molecule has 1 atom stereocenters. The summed E-state index contributed by atoms with van der Waals surface area (Å²) < 4.78 is 31.2. The van der Waals surface area contributed by atoms with Crippen LogP contribution in [0, 0.1) is 11.3 Å². The lowest BCUT2D eigenvalue weighted by molar-refractivity contribution is -0.0349. The third-order valence-corrected chi connectivity index (χ3v) is 9.28. The zero-order chi connectivity index (χ0) is 26.1. The average Bonchev–Trinajstić information content (AvgIpc) is 2.83. The normalized spacial score (nSPS) is 22.3. The number of carbonyl (C=O) groups excluding carboxylic acids is 1. The maximum absolute atomic E-state index is 12.7. The Labute approximate surface area is 216 Å². The SMILES string of the molecule is CC(C)(C)CCS(=O)(=O)c1ccc(-c2ccc(C(C)(C)NC(=O)OC3CN4CCC3CC4)cc2)cc1. The number of carbonyl (C=O) groups is 1. The Hall–Kier alpha value is -2.38. The Balaban J connectivity index is 1.38. The van der Waals surface area contributed by atoms with Gasteiger partial charge >= 0.3 is 6.09 Å². The van der Waals surface area contributed by atoms with E-state index in [2.05, 4.69) is 10.2 Å². The highest BCUT2D eigenvalue weighted by Gasteiger charge is 2.37. The van der Waals surface area contributed by atoms with Gasteiger partial charge in [-0.25, -0.2) is 13.2 Å². The zero-order valence-corrected chi connectivity index (χ0v) is 23.0. The van der Waals surface area contributed by atoms with Gasteiger partial charge in [0.2, 0.25) is 0 Å². The van der Waals surface area contributed by atoms with E-state index < -0.39 is 15.4 Å². The molecule has 5 rings (SSSR count). The lowest BCUT2D eigenvalue weighted by Crippen LogP contribution is -2.53. The van der Waals surface area contributed by atoms with Crippen molar-refractivity contribution in [1.29, 1.82) is 0 Å². The summed E-state index contributed by atoms with van der Waals surface area (Å²) in [4.78, 5) is 15.4. The van der Waals surface area contributed by atoms with E-state index in [9.17, 15) is 13.2 Å². The molecule has 0 aromatic heterocycles. The van der Waals surface area contributed by atoms with Gasteiger partial charge in [-0.3, -0.25) is 4.90 Å². The first-order valence-electron chi connectivity index (χ1n) is 13.0. The predicted octanol–water partition coefficient (Wildman–Crippen LogP) is 5.62. The van der Waals surface area contributed by atoms with Crippen LogP contribution in [0.25, 0.3) is 11.1 Å². The number of piperidine rings is 3. The van der Waals surface area contributed by atoms with Crippen molar-refractivity contribution in [3.05, 3.63) is 54.1 Å². The minimum atomic E-state index is -3.30. The monoisotopic (exact) mass is 512 g/mol. The Bertz CT molecular complexity index is 1160. The van der Waals surface area contributed by atoms with Crippen LogP contribution in [0.5, 0.6) is 0 Å². The lowest BCUT2D eigenvalue weighted by Gasteiger charge is -2.44. The van der Waals surface area contributed by atoms with Crippen molar-refractivity contribution in [1.82, 2.24) is 10.2 Å². The largest absolute Gasteiger partial charge is 0.445 e. The molecule has 2 bridgehead atoms. The lowest BCUT2D eigenvalue weighted by atomic mass is 9.86. The van der Waals surface area contributed by atoms with Crippen LogP contribution in [0.3, 0.4) is 0 Å². The molecule has 1 N–H and O–H groups in total. The number of hydrogen-bond acceptors (Lipinski definition) is 5. The number of ether oxygens (including phenoxy) is 1. The first kappa shape index (κ1) is 26.7. The van der Waals surface area contributed by atoms with Gasteiger partial charge in [0.05, 0.1) is 16.2 Å². The molecule has 7 heteroatoms. The van der Waals surface area contributed by atoms with Crippen LogP contribution >= 0.6 is 0 Å². The topological polar surface area (TPSA) is 75.7 Å². The minimum Gasteiger partial charge on any atom is -0.445 e. The van der Waals surface area contributed by atoms with Crippen LogP contribution in [-0.2, 0) is 20.1 Å². The van der Waals surface area contributed by atoms with Crippen LogP contribution in [0.2, 0.25) is 0 Å². The molecule has 1 amide bonds. The second kappa shape index (κ2) is 10.2. The van der Waals surface area contributed by atoms with Crippen molar-refractivity contribution in [3.8, 4) is 11.1 Å². The number of fused-ring (bicyclic) bond motifs is 3. The summed E-state index contributed by atoms with van der Waals surface area (Å²) in [6, 6.07) is 15.1. The van der Waals surface area contributed by atoms with Gasteiger partial charge < -0.3 is 10.1 Å². The summed E-state index contributed by atoms with van der Waals surface area (Å²) in [5.74, 6) is 0.623. The van der Waals surface area contributed by atoms with Crippen LogP contribution < -0.4 is 5.32 Å². The molecule has 2 aromatic rings. The number of rotatable bonds is 7. The van der Waals surface area contributed by atoms with Crippen LogP contribution in [0.15, 0.2) is 53.4 Å². The first-order chi connectivity index (χ1) is 16.8. The average molecular weight is 513 g/mol. The summed E-state index contributed by atoms with van der Waals surface area (Å²) in [6.07, 6.45) is 2.44. The van der Waals surface area contributed by atoms with Crippen molar-refractivity contribution in [2.45, 2.75) is 70.4 Å². The van der Waals surface area contributed by atoms with E-state index in [4.69, 9.17) is 4.74 Å². The second-order valence-corrected chi connectivity index (χ2v) is 14.2. The van der Waals surface area contributed by atoms with Crippen molar-refractivity contribution in [2.75, 3.05) is 25.4 Å². The summed E-state index contributed by atoms with van der Waals surface area (Å²) in [7, 11) is -3.30. The van der Waals surface area contributed by atoms with Gasteiger partial charge in [-0.05, 0) is 86.4 Å². The van der Waals surface area contributed by atoms with Gasteiger partial charge in [-0.2, -0.15) is 0 Å². The number of alkyl carbamates (subject to hydrolysis) is 1. The van der Waals surface area contributed by atoms with Crippen molar-refractivity contribution < 1.29 is 17.9 Å². The highest BCUT2D eigenvalue weighted by Crippen LogP contribution is 2.31. The van der Waals surface area contributed by atoms with Gasteiger partial charge in [-0.1, -0.05) is 57.2 Å². The number of benzene rings is 2. The van der Waals surface area contributed by atoms with Crippen LogP contribution in [0.4, 0.5) is 4.79 Å². The predicted molar refractivity (Wildman–Crippen MR) is 144 cm³/mol. The van der Waals surface area contributed by atoms with E-state index >= 15 is 0 Å². The highest BCUT2D eigenvalue weighted by molar-refractivity contribution is 7.91. The summed E-state index contributed by atoms with van der Waals surface area (Å²) in [5.41, 5.74) is 2.29. The van der Waals surface area contributed by atoms with Gasteiger partial charge in [0, 0.05) is 6.54 Å².